The summed E-state index contributed by atoms with van der Waals surface area (Å²) in [6.07, 6.45) is 4.74. The fourth-order valence-corrected chi connectivity index (χ4v) is 2.88. The van der Waals surface area contributed by atoms with E-state index in [9.17, 15) is 4.79 Å². The topological polar surface area (TPSA) is 29.1 Å². The van der Waals surface area contributed by atoms with Crippen LogP contribution in [0.25, 0.3) is 0 Å². The zero-order valence-corrected chi connectivity index (χ0v) is 11.8. The van der Waals surface area contributed by atoms with Gasteiger partial charge in [-0.25, -0.2) is 0 Å². The highest BCUT2D eigenvalue weighted by molar-refractivity contribution is 6.31. The first-order chi connectivity index (χ1) is 8.63. The third-order valence-electron chi connectivity index (χ3n) is 3.72. The molecular weight excluding hydrogens is 246 g/mol. The minimum Gasteiger partial charge on any atom is -0.325 e. The van der Waals surface area contributed by atoms with Gasteiger partial charge in [-0.05, 0) is 36.1 Å². The summed E-state index contributed by atoms with van der Waals surface area (Å²) in [4.78, 5) is 12.1. The molecule has 1 heterocycles. The monoisotopic (exact) mass is 265 g/mol. The van der Waals surface area contributed by atoms with Gasteiger partial charge in [-0.3, -0.25) is 4.79 Å². The standard InChI is InChI=1S/C15H20ClNO/c1-3-4-5-6-10(2)14-12-9-11(16)7-8-13(12)17-15(14)18/h7-10,14H,3-6H2,1-2H3,(H,17,18). The number of carbonyl (C=O) groups is 1. The van der Waals surface area contributed by atoms with Gasteiger partial charge >= 0.3 is 0 Å². The molecule has 2 atom stereocenters. The van der Waals surface area contributed by atoms with E-state index in [-0.39, 0.29) is 11.8 Å². The van der Waals surface area contributed by atoms with E-state index >= 15 is 0 Å². The molecule has 2 nitrogen and oxygen atoms in total. The predicted octanol–water partition coefficient (Wildman–Crippen LogP) is 4.59. The third-order valence-corrected chi connectivity index (χ3v) is 3.96. The van der Waals surface area contributed by atoms with E-state index < -0.39 is 0 Å². The van der Waals surface area contributed by atoms with Crippen molar-refractivity contribution in [2.75, 3.05) is 5.32 Å². The molecule has 0 saturated carbocycles. The first-order valence-corrected chi connectivity index (χ1v) is 7.11. The lowest BCUT2D eigenvalue weighted by atomic mass is 9.85. The second-order valence-corrected chi connectivity index (χ2v) is 5.61. The second-order valence-electron chi connectivity index (χ2n) is 5.17. The zero-order chi connectivity index (χ0) is 13.1. The Bertz CT molecular complexity index is 444. The van der Waals surface area contributed by atoms with E-state index in [0.717, 1.165) is 17.7 Å². The number of fused-ring (bicyclic) bond motifs is 1. The first kappa shape index (κ1) is 13.4. The lowest BCUT2D eigenvalue weighted by Gasteiger charge is -2.17. The van der Waals surface area contributed by atoms with Crippen LogP contribution in [0.5, 0.6) is 0 Å². The van der Waals surface area contributed by atoms with Gasteiger partial charge in [0.25, 0.3) is 0 Å². The smallest absolute Gasteiger partial charge is 0.232 e. The number of carbonyl (C=O) groups excluding carboxylic acids is 1. The van der Waals surface area contributed by atoms with Gasteiger partial charge in [0.1, 0.15) is 0 Å². The zero-order valence-electron chi connectivity index (χ0n) is 11.0. The lowest BCUT2D eigenvalue weighted by Crippen LogP contribution is -2.18. The quantitative estimate of drug-likeness (QED) is 0.775. The molecule has 0 spiro atoms. The molecule has 18 heavy (non-hydrogen) atoms. The number of hydrogen-bond acceptors (Lipinski definition) is 1. The molecule has 2 rings (SSSR count). The molecule has 1 aromatic carbocycles. The van der Waals surface area contributed by atoms with Crippen LogP contribution < -0.4 is 5.32 Å². The predicted molar refractivity (Wildman–Crippen MR) is 76.1 cm³/mol. The number of hydrogen-bond donors (Lipinski definition) is 1. The lowest BCUT2D eigenvalue weighted by molar-refractivity contribution is -0.118. The summed E-state index contributed by atoms with van der Waals surface area (Å²) in [5.74, 6) is 0.461. The molecule has 1 aliphatic heterocycles. The molecule has 1 aromatic rings. The van der Waals surface area contributed by atoms with Gasteiger partial charge in [-0.15, -0.1) is 0 Å². The molecular formula is C15H20ClNO. The Morgan fingerprint density at radius 2 is 2.17 bits per heavy atom. The van der Waals surface area contributed by atoms with Crippen molar-refractivity contribution in [2.24, 2.45) is 5.92 Å². The summed E-state index contributed by atoms with van der Waals surface area (Å²) < 4.78 is 0. The van der Waals surface area contributed by atoms with Crippen molar-refractivity contribution < 1.29 is 4.79 Å². The van der Waals surface area contributed by atoms with Gasteiger partial charge < -0.3 is 5.32 Å². The molecule has 3 heteroatoms. The number of benzene rings is 1. The Morgan fingerprint density at radius 3 is 2.89 bits per heavy atom. The number of rotatable bonds is 5. The maximum absolute atomic E-state index is 12.1. The summed E-state index contributed by atoms with van der Waals surface area (Å²) in [5.41, 5.74) is 1.99. The largest absolute Gasteiger partial charge is 0.325 e. The Labute approximate surface area is 114 Å². The summed E-state index contributed by atoms with van der Waals surface area (Å²) in [7, 11) is 0. The van der Waals surface area contributed by atoms with Crippen molar-refractivity contribution in [1.29, 1.82) is 0 Å². The number of amides is 1. The molecule has 0 aromatic heterocycles. The molecule has 0 radical (unpaired) electrons. The number of anilines is 1. The Hall–Kier alpha value is -1.02. The highest BCUT2D eigenvalue weighted by Gasteiger charge is 2.34. The van der Waals surface area contributed by atoms with Crippen LogP contribution in [0.2, 0.25) is 5.02 Å². The van der Waals surface area contributed by atoms with Crippen molar-refractivity contribution in [3.05, 3.63) is 28.8 Å². The Kier molecular flexibility index (Phi) is 4.28. The average Bonchev–Trinajstić information content (AvgIpc) is 2.64. The third kappa shape index (κ3) is 2.69. The minimum atomic E-state index is -0.0319. The fraction of sp³-hybridized carbons (Fsp3) is 0.533. The number of nitrogens with one attached hydrogen (secondary N) is 1. The van der Waals surface area contributed by atoms with Gasteiger partial charge in [-0.1, -0.05) is 44.7 Å². The molecule has 2 unspecified atom stereocenters. The SMILES string of the molecule is CCCCCC(C)C1C(=O)Nc2ccc(Cl)cc21. The van der Waals surface area contributed by atoms with Crippen LogP contribution in [-0.2, 0) is 4.79 Å². The van der Waals surface area contributed by atoms with E-state index in [0.29, 0.717) is 10.9 Å². The summed E-state index contributed by atoms with van der Waals surface area (Å²) in [5, 5.41) is 3.65. The van der Waals surface area contributed by atoms with Crippen LogP contribution >= 0.6 is 11.6 Å². The maximum atomic E-state index is 12.1. The summed E-state index contributed by atoms with van der Waals surface area (Å²) in [6.45, 7) is 4.36. The normalized spacial score (nSPS) is 19.5. The number of unbranched alkanes of at least 4 members (excludes halogenated alkanes) is 2. The molecule has 0 saturated heterocycles. The van der Waals surface area contributed by atoms with E-state index in [2.05, 4.69) is 19.2 Å². The van der Waals surface area contributed by atoms with Crippen LogP contribution in [0.15, 0.2) is 18.2 Å². The Balaban J connectivity index is 2.14. The molecule has 1 amide bonds. The van der Waals surface area contributed by atoms with Gasteiger partial charge in [0.15, 0.2) is 0 Å². The van der Waals surface area contributed by atoms with Crippen LogP contribution in [0.1, 0.15) is 51.0 Å². The van der Waals surface area contributed by atoms with E-state index in [1.807, 2.05) is 18.2 Å². The van der Waals surface area contributed by atoms with E-state index in [4.69, 9.17) is 11.6 Å². The van der Waals surface area contributed by atoms with Crippen molar-refractivity contribution in [2.45, 2.75) is 45.4 Å². The second kappa shape index (κ2) is 5.75. The minimum absolute atomic E-state index is 0.0319. The van der Waals surface area contributed by atoms with Crippen molar-refractivity contribution >= 4 is 23.2 Å². The van der Waals surface area contributed by atoms with Gasteiger partial charge in [0.2, 0.25) is 5.91 Å². The van der Waals surface area contributed by atoms with E-state index in [1.165, 1.54) is 19.3 Å². The fourth-order valence-electron chi connectivity index (χ4n) is 2.70. The van der Waals surface area contributed by atoms with Crippen LogP contribution in [0, 0.1) is 5.92 Å². The van der Waals surface area contributed by atoms with Crippen LogP contribution in [-0.4, -0.2) is 5.91 Å². The molecule has 0 bridgehead atoms. The van der Waals surface area contributed by atoms with Crippen LogP contribution in [0.4, 0.5) is 5.69 Å². The average molecular weight is 266 g/mol. The highest BCUT2D eigenvalue weighted by atomic mass is 35.5. The van der Waals surface area contributed by atoms with Crippen LogP contribution in [0.3, 0.4) is 0 Å². The molecule has 0 fully saturated rings. The molecule has 0 aliphatic carbocycles. The van der Waals surface area contributed by atoms with Crippen molar-refractivity contribution in [3.8, 4) is 0 Å². The summed E-state index contributed by atoms with van der Waals surface area (Å²) in [6, 6.07) is 5.65. The Morgan fingerprint density at radius 1 is 1.39 bits per heavy atom. The van der Waals surface area contributed by atoms with E-state index in [1.54, 1.807) is 0 Å². The highest BCUT2D eigenvalue weighted by Crippen LogP contribution is 2.40. The first-order valence-electron chi connectivity index (χ1n) is 6.73. The van der Waals surface area contributed by atoms with Crippen molar-refractivity contribution in [3.63, 3.8) is 0 Å². The van der Waals surface area contributed by atoms with Crippen molar-refractivity contribution in [1.82, 2.24) is 0 Å². The number of halogens is 1. The summed E-state index contributed by atoms with van der Waals surface area (Å²) >= 11 is 6.03. The molecule has 98 valence electrons. The van der Waals surface area contributed by atoms with Gasteiger partial charge in [0, 0.05) is 10.7 Å². The maximum Gasteiger partial charge on any atom is 0.232 e. The van der Waals surface area contributed by atoms with Gasteiger partial charge in [-0.2, -0.15) is 0 Å². The van der Waals surface area contributed by atoms with Gasteiger partial charge in [0.05, 0.1) is 5.92 Å². The molecule has 1 aliphatic rings. The molecule has 1 N–H and O–H groups in total.